The number of benzene rings is 2. The third-order valence-corrected chi connectivity index (χ3v) is 6.58. The SMILES string of the molecule is COc1ccc(N2CCN(C(=O)c3cnc4c(c(C)nn4C)c3Nc3ccc(C)cc3)CC2)cc1. The highest BCUT2D eigenvalue weighted by Gasteiger charge is 2.27. The van der Waals surface area contributed by atoms with Gasteiger partial charge in [-0.2, -0.15) is 5.10 Å². The number of rotatable bonds is 5. The number of nitrogens with one attached hydrogen (secondary N) is 1. The van der Waals surface area contributed by atoms with Gasteiger partial charge < -0.3 is 19.9 Å². The van der Waals surface area contributed by atoms with E-state index in [2.05, 4.69) is 51.5 Å². The predicted molar refractivity (Wildman–Crippen MR) is 139 cm³/mol. The van der Waals surface area contributed by atoms with Gasteiger partial charge in [0.25, 0.3) is 5.91 Å². The molecule has 0 saturated carbocycles. The lowest BCUT2D eigenvalue weighted by Crippen LogP contribution is -2.48. The number of piperazine rings is 1. The molecule has 35 heavy (non-hydrogen) atoms. The molecule has 1 saturated heterocycles. The van der Waals surface area contributed by atoms with Gasteiger partial charge in [0, 0.05) is 50.8 Å². The lowest BCUT2D eigenvalue weighted by atomic mass is 10.1. The number of fused-ring (bicyclic) bond motifs is 1. The van der Waals surface area contributed by atoms with Gasteiger partial charge in [-0.3, -0.25) is 9.48 Å². The smallest absolute Gasteiger partial charge is 0.257 e. The third-order valence-electron chi connectivity index (χ3n) is 6.58. The molecule has 1 aliphatic rings. The van der Waals surface area contributed by atoms with E-state index in [4.69, 9.17) is 4.74 Å². The number of amides is 1. The quantitative estimate of drug-likeness (QED) is 0.469. The van der Waals surface area contributed by atoms with Crippen LogP contribution in [0, 0.1) is 13.8 Å². The molecule has 5 rings (SSSR count). The maximum absolute atomic E-state index is 13.7. The molecule has 0 unspecified atom stereocenters. The molecule has 0 atom stereocenters. The summed E-state index contributed by atoms with van der Waals surface area (Å²) in [6.45, 7) is 6.81. The van der Waals surface area contributed by atoms with Crippen molar-refractivity contribution in [3.05, 3.63) is 71.5 Å². The summed E-state index contributed by atoms with van der Waals surface area (Å²) in [7, 11) is 3.54. The number of carbonyl (C=O) groups is 1. The van der Waals surface area contributed by atoms with Gasteiger partial charge in [-0.25, -0.2) is 4.98 Å². The zero-order valence-corrected chi connectivity index (χ0v) is 20.6. The summed E-state index contributed by atoms with van der Waals surface area (Å²) in [5.74, 6) is 0.816. The van der Waals surface area contributed by atoms with Gasteiger partial charge in [0.1, 0.15) is 5.75 Å². The van der Waals surface area contributed by atoms with E-state index in [1.807, 2.05) is 43.1 Å². The van der Waals surface area contributed by atoms with Crippen molar-refractivity contribution in [2.24, 2.45) is 7.05 Å². The second-order valence-corrected chi connectivity index (χ2v) is 8.92. The molecule has 3 heterocycles. The maximum atomic E-state index is 13.7. The van der Waals surface area contributed by atoms with E-state index in [1.54, 1.807) is 18.0 Å². The number of ether oxygens (including phenoxy) is 1. The first-order valence-electron chi connectivity index (χ1n) is 11.8. The van der Waals surface area contributed by atoms with E-state index in [1.165, 1.54) is 5.56 Å². The third kappa shape index (κ3) is 4.39. The number of aromatic nitrogens is 3. The molecule has 8 nitrogen and oxygen atoms in total. The molecule has 1 fully saturated rings. The van der Waals surface area contributed by atoms with Crippen LogP contribution in [0.4, 0.5) is 17.1 Å². The van der Waals surface area contributed by atoms with Crippen LogP contribution in [0.25, 0.3) is 11.0 Å². The Labute approximate surface area is 205 Å². The minimum Gasteiger partial charge on any atom is -0.497 e. The first-order valence-corrected chi connectivity index (χ1v) is 11.8. The monoisotopic (exact) mass is 470 g/mol. The normalized spacial score (nSPS) is 13.8. The second kappa shape index (κ2) is 9.29. The van der Waals surface area contributed by atoms with Crippen molar-refractivity contribution < 1.29 is 9.53 Å². The van der Waals surface area contributed by atoms with Crippen LogP contribution in [0.3, 0.4) is 0 Å². The Morgan fingerprint density at radius 2 is 1.66 bits per heavy atom. The summed E-state index contributed by atoms with van der Waals surface area (Å²) in [6.07, 6.45) is 1.68. The molecule has 4 aromatic rings. The number of hydrogen-bond acceptors (Lipinski definition) is 6. The fourth-order valence-electron chi connectivity index (χ4n) is 4.62. The molecule has 2 aromatic carbocycles. The van der Waals surface area contributed by atoms with Gasteiger partial charge in [-0.15, -0.1) is 0 Å². The first kappa shape index (κ1) is 22.7. The Bertz CT molecular complexity index is 1350. The van der Waals surface area contributed by atoms with Gasteiger partial charge in [0.05, 0.1) is 29.4 Å². The topological polar surface area (TPSA) is 75.5 Å². The molecular formula is C27H30N6O2. The standard InChI is InChI=1S/C27H30N6O2/c1-18-5-7-20(8-6-18)29-25-23(17-28-26-24(25)19(2)30-31(26)3)27(34)33-15-13-32(14-16-33)21-9-11-22(35-4)12-10-21/h5-12,17H,13-16H2,1-4H3,(H,28,29). The largest absolute Gasteiger partial charge is 0.497 e. The number of aryl methyl sites for hydroxylation is 3. The number of carbonyl (C=O) groups excluding carboxylic acids is 1. The average Bonchev–Trinajstić information content (AvgIpc) is 3.18. The fourth-order valence-corrected chi connectivity index (χ4v) is 4.62. The van der Waals surface area contributed by atoms with Crippen molar-refractivity contribution in [2.45, 2.75) is 13.8 Å². The zero-order valence-electron chi connectivity index (χ0n) is 20.6. The minimum absolute atomic E-state index is 0.0216. The molecule has 8 heteroatoms. The van der Waals surface area contributed by atoms with Gasteiger partial charge >= 0.3 is 0 Å². The van der Waals surface area contributed by atoms with Crippen LogP contribution in [-0.4, -0.2) is 58.9 Å². The Balaban J connectivity index is 1.42. The van der Waals surface area contributed by atoms with Crippen LogP contribution in [0.2, 0.25) is 0 Å². The van der Waals surface area contributed by atoms with Crippen LogP contribution >= 0.6 is 0 Å². The minimum atomic E-state index is -0.0216. The second-order valence-electron chi connectivity index (χ2n) is 8.92. The van der Waals surface area contributed by atoms with Crippen LogP contribution in [0.15, 0.2) is 54.7 Å². The van der Waals surface area contributed by atoms with Gasteiger partial charge in [-0.1, -0.05) is 17.7 Å². The van der Waals surface area contributed by atoms with Crippen molar-refractivity contribution in [3.8, 4) is 5.75 Å². The lowest BCUT2D eigenvalue weighted by Gasteiger charge is -2.36. The van der Waals surface area contributed by atoms with E-state index < -0.39 is 0 Å². The van der Waals surface area contributed by atoms with Gasteiger partial charge in [0.15, 0.2) is 5.65 Å². The first-order chi connectivity index (χ1) is 16.9. The molecule has 0 spiro atoms. The van der Waals surface area contributed by atoms with Crippen molar-refractivity contribution in [1.82, 2.24) is 19.7 Å². The lowest BCUT2D eigenvalue weighted by molar-refractivity contribution is 0.0747. The molecule has 0 radical (unpaired) electrons. The Hall–Kier alpha value is -4.07. The number of anilines is 3. The van der Waals surface area contributed by atoms with E-state index in [0.29, 0.717) is 18.7 Å². The Morgan fingerprint density at radius 1 is 0.971 bits per heavy atom. The molecule has 1 aliphatic heterocycles. The number of methoxy groups -OCH3 is 1. The number of hydrogen-bond donors (Lipinski definition) is 1. The van der Waals surface area contributed by atoms with E-state index in [9.17, 15) is 4.79 Å². The number of nitrogens with zero attached hydrogens (tertiary/aromatic N) is 5. The predicted octanol–water partition coefficient (Wildman–Crippen LogP) is 4.30. The molecule has 180 valence electrons. The van der Waals surface area contributed by atoms with Crippen LogP contribution in [0.1, 0.15) is 21.6 Å². The van der Waals surface area contributed by atoms with Crippen LogP contribution < -0.4 is 15.0 Å². The fraction of sp³-hybridized carbons (Fsp3) is 0.296. The zero-order chi connectivity index (χ0) is 24.5. The maximum Gasteiger partial charge on any atom is 0.257 e. The van der Waals surface area contributed by atoms with Crippen LogP contribution in [-0.2, 0) is 7.05 Å². The summed E-state index contributed by atoms with van der Waals surface area (Å²) in [5.41, 5.74) is 6.14. The number of pyridine rings is 1. The Kier molecular flexibility index (Phi) is 6.03. The van der Waals surface area contributed by atoms with Gasteiger partial charge in [0.2, 0.25) is 0 Å². The summed E-state index contributed by atoms with van der Waals surface area (Å²) in [6, 6.07) is 16.2. The van der Waals surface area contributed by atoms with Crippen molar-refractivity contribution in [3.63, 3.8) is 0 Å². The van der Waals surface area contributed by atoms with E-state index in [0.717, 1.165) is 52.6 Å². The summed E-state index contributed by atoms with van der Waals surface area (Å²) in [4.78, 5) is 22.5. The molecular weight excluding hydrogens is 440 g/mol. The van der Waals surface area contributed by atoms with E-state index >= 15 is 0 Å². The van der Waals surface area contributed by atoms with Crippen molar-refractivity contribution >= 4 is 34.0 Å². The van der Waals surface area contributed by atoms with Gasteiger partial charge in [-0.05, 0) is 50.2 Å². The average molecular weight is 471 g/mol. The van der Waals surface area contributed by atoms with E-state index in [-0.39, 0.29) is 5.91 Å². The summed E-state index contributed by atoms with van der Waals surface area (Å²) < 4.78 is 7.02. The van der Waals surface area contributed by atoms with Crippen molar-refractivity contribution in [1.29, 1.82) is 0 Å². The Morgan fingerprint density at radius 3 is 2.31 bits per heavy atom. The highest BCUT2D eigenvalue weighted by molar-refractivity contribution is 6.08. The summed E-state index contributed by atoms with van der Waals surface area (Å²) >= 11 is 0. The highest BCUT2D eigenvalue weighted by Crippen LogP contribution is 2.32. The van der Waals surface area contributed by atoms with Crippen LogP contribution in [0.5, 0.6) is 5.75 Å². The van der Waals surface area contributed by atoms with Crippen molar-refractivity contribution in [2.75, 3.05) is 43.5 Å². The molecule has 0 bridgehead atoms. The summed E-state index contributed by atoms with van der Waals surface area (Å²) in [5, 5.41) is 8.92. The molecule has 1 N–H and O–H groups in total. The molecule has 0 aliphatic carbocycles. The highest BCUT2D eigenvalue weighted by atomic mass is 16.5. The molecule has 1 amide bonds. The molecule has 2 aromatic heterocycles.